The molecule has 0 aliphatic carbocycles. The van der Waals surface area contributed by atoms with Gasteiger partial charge in [-0.15, -0.1) is 0 Å². The highest BCUT2D eigenvalue weighted by Crippen LogP contribution is 2.23. The average molecular weight is 400 g/mol. The summed E-state index contributed by atoms with van der Waals surface area (Å²) in [4.78, 5) is 30.2. The van der Waals surface area contributed by atoms with Crippen molar-refractivity contribution in [3.8, 4) is 0 Å². The largest absolute Gasteiger partial charge is 0.368 e. The number of halogens is 1. The first-order chi connectivity index (χ1) is 13.6. The Kier molecular flexibility index (Phi) is 5.25. The summed E-state index contributed by atoms with van der Waals surface area (Å²) in [7, 11) is 0. The third kappa shape index (κ3) is 3.99. The number of carbonyl (C=O) groups excluding carboxylic acids is 2. The molecule has 0 aromatic heterocycles. The van der Waals surface area contributed by atoms with Crippen molar-refractivity contribution >= 4 is 40.7 Å². The normalized spacial score (nSPS) is 16.9. The van der Waals surface area contributed by atoms with Crippen molar-refractivity contribution in [1.82, 2.24) is 10.2 Å². The van der Waals surface area contributed by atoms with E-state index in [0.29, 0.717) is 36.9 Å². The summed E-state index contributed by atoms with van der Waals surface area (Å²) in [6.45, 7) is 4.02. The molecule has 2 aromatic carbocycles. The van der Waals surface area contributed by atoms with Gasteiger partial charge < -0.3 is 20.4 Å². The molecule has 2 fully saturated rings. The fraction of sp³-hybridized carbons (Fsp3) is 0.300. The van der Waals surface area contributed by atoms with Crippen LogP contribution in [0.25, 0.3) is 0 Å². The number of urea groups is 2. The van der Waals surface area contributed by atoms with Crippen molar-refractivity contribution in [3.05, 3.63) is 53.6 Å². The van der Waals surface area contributed by atoms with Crippen molar-refractivity contribution in [1.29, 1.82) is 0 Å². The molecular formula is C20H22ClN5O2. The van der Waals surface area contributed by atoms with Crippen LogP contribution in [0.1, 0.15) is 0 Å². The van der Waals surface area contributed by atoms with Crippen LogP contribution >= 0.6 is 11.6 Å². The molecule has 4 rings (SSSR count). The van der Waals surface area contributed by atoms with Gasteiger partial charge in [-0.2, -0.15) is 0 Å². The zero-order valence-electron chi connectivity index (χ0n) is 15.4. The third-order valence-electron chi connectivity index (χ3n) is 5.01. The molecule has 8 heteroatoms. The quantitative estimate of drug-likeness (QED) is 0.832. The summed E-state index contributed by atoms with van der Waals surface area (Å²) in [6, 6.07) is 14.9. The van der Waals surface area contributed by atoms with Crippen molar-refractivity contribution in [3.63, 3.8) is 0 Å². The first-order valence-electron chi connectivity index (χ1n) is 9.32. The molecule has 0 radical (unpaired) electrons. The summed E-state index contributed by atoms with van der Waals surface area (Å²) >= 11 is 6.07. The molecule has 4 amide bonds. The number of benzene rings is 2. The fourth-order valence-corrected chi connectivity index (χ4v) is 3.70. The highest BCUT2D eigenvalue weighted by atomic mass is 35.5. The van der Waals surface area contributed by atoms with E-state index in [1.54, 1.807) is 9.80 Å². The van der Waals surface area contributed by atoms with Crippen molar-refractivity contribution in [2.24, 2.45) is 0 Å². The molecule has 0 saturated carbocycles. The fourth-order valence-electron chi connectivity index (χ4n) is 3.51. The zero-order valence-corrected chi connectivity index (χ0v) is 16.2. The highest BCUT2D eigenvalue weighted by Gasteiger charge is 2.23. The lowest BCUT2D eigenvalue weighted by molar-refractivity contribution is 0.208. The van der Waals surface area contributed by atoms with Gasteiger partial charge in [0.1, 0.15) is 0 Å². The maximum atomic E-state index is 12.6. The second kappa shape index (κ2) is 7.98. The minimum absolute atomic E-state index is 0.111. The van der Waals surface area contributed by atoms with Gasteiger partial charge in [-0.05, 0) is 36.4 Å². The van der Waals surface area contributed by atoms with Crippen molar-refractivity contribution in [2.75, 3.05) is 54.4 Å². The molecule has 2 aliphatic heterocycles. The molecule has 0 unspecified atom stereocenters. The summed E-state index contributed by atoms with van der Waals surface area (Å²) in [6.07, 6.45) is 0. The number of anilines is 3. The molecule has 28 heavy (non-hydrogen) atoms. The Morgan fingerprint density at radius 1 is 0.964 bits per heavy atom. The molecule has 0 atom stereocenters. The van der Waals surface area contributed by atoms with Gasteiger partial charge in [0.25, 0.3) is 0 Å². The SMILES string of the molecule is O=C(Nc1cccc(N2CCNC2=O)c1)N1CCN(c2cccc(Cl)c2)CC1. The summed E-state index contributed by atoms with van der Waals surface area (Å²) < 4.78 is 0. The van der Waals surface area contributed by atoms with Crippen molar-refractivity contribution < 1.29 is 9.59 Å². The Morgan fingerprint density at radius 2 is 1.71 bits per heavy atom. The number of hydrogen-bond donors (Lipinski definition) is 2. The van der Waals surface area contributed by atoms with E-state index in [-0.39, 0.29) is 12.1 Å². The molecule has 2 aromatic rings. The van der Waals surface area contributed by atoms with Crippen LogP contribution in [0.3, 0.4) is 0 Å². The first-order valence-corrected chi connectivity index (χ1v) is 9.70. The van der Waals surface area contributed by atoms with Crippen LogP contribution in [-0.2, 0) is 0 Å². The minimum atomic E-state index is -0.131. The topological polar surface area (TPSA) is 67.9 Å². The van der Waals surface area contributed by atoms with E-state index >= 15 is 0 Å². The van der Waals surface area contributed by atoms with Gasteiger partial charge in [0.05, 0.1) is 0 Å². The van der Waals surface area contributed by atoms with E-state index in [4.69, 9.17) is 11.6 Å². The number of amides is 4. The molecule has 2 saturated heterocycles. The Labute approximate surface area is 168 Å². The number of nitrogens with one attached hydrogen (secondary N) is 2. The second-order valence-corrected chi connectivity index (χ2v) is 7.25. The van der Waals surface area contributed by atoms with Crippen LogP contribution < -0.4 is 20.4 Å². The average Bonchev–Trinajstić information content (AvgIpc) is 3.14. The lowest BCUT2D eigenvalue weighted by Gasteiger charge is -2.36. The van der Waals surface area contributed by atoms with E-state index < -0.39 is 0 Å². The molecule has 2 heterocycles. The number of piperazine rings is 1. The lowest BCUT2D eigenvalue weighted by Crippen LogP contribution is -2.50. The van der Waals surface area contributed by atoms with Crippen LogP contribution in [0.5, 0.6) is 0 Å². The Balaban J connectivity index is 1.35. The molecule has 2 aliphatic rings. The van der Waals surface area contributed by atoms with Crippen LogP contribution in [0.2, 0.25) is 5.02 Å². The standard InChI is InChI=1S/C20H22ClN5O2/c21-15-3-1-5-17(13-15)24-9-11-25(12-10-24)20(28)23-16-4-2-6-18(14-16)26-8-7-22-19(26)27/h1-6,13-14H,7-12H2,(H,22,27)(H,23,28). The Morgan fingerprint density at radius 3 is 2.43 bits per heavy atom. The summed E-state index contributed by atoms with van der Waals surface area (Å²) in [5.74, 6) is 0. The molecule has 0 spiro atoms. The Bertz CT molecular complexity index is 882. The second-order valence-electron chi connectivity index (χ2n) is 6.82. The summed E-state index contributed by atoms with van der Waals surface area (Å²) in [5, 5.41) is 6.43. The van der Waals surface area contributed by atoms with Gasteiger partial charge in [-0.1, -0.05) is 23.7 Å². The lowest BCUT2D eigenvalue weighted by atomic mass is 10.2. The third-order valence-corrected chi connectivity index (χ3v) is 5.24. The smallest absolute Gasteiger partial charge is 0.321 e. The monoisotopic (exact) mass is 399 g/mol. The van der Waals surface area contributed by atoms with Gasteiger partial charge in [-0.3, -0.25) is 4.90 Å². The number of rotatable bonds is 3. The van der Waals surface area contributed by atoms with Crippen LogP contribution in [0.4, 0.5) is 26.7 Å². The van der Waals surface area contributed by atoms with Gasteiger partial charge >= 0.3 is 12.1 Å². The first kappa shape index (κ1) is 18.4. The molecule has 7 nitrogen and oxygen atoms in total. The Hall–Kier alpha value is -2.93. The van der Waals surface area contributed by atoms with E-state index in [1.807, 2.05) is 48.5 Å². The van der Waals surface area contributed by atoms with Crippen molar-refractivity contribution in [2.45, 2.75) is 0 Å². The van der Waals surface area contributed by atoms with E-state index in [9.17, 15) is 9.59 Å². The van der Waals surface area contributed by atoms with E-state index in [1.165, 1.54) is 0 Å². The van der Waals surface area contributed by atoms with Gasteiger partial charge in [0.15, 0.2) is 0 Å². The molecule has 146 valence electrons. The zero-order chi connectivity index (χ0) is 19.5. The molecular weight excluding hydrogens is 378 g/mol. The maximum Gasteiger partial charge on any atom is 0.321 e. The highest BCUT2D eigenvalue weighted by molar-refractivity contribution is 6.30. The van der Waals surface area contributed by atoms with Crippen LogP contribution in [0, 0.1) is 0 Å². The van der Waals surface area contributed by atoms with Gasteiger partial charge in [0, 0.05) is 61.4 Å². The van der Waals surface area contributed by atoms with E-state index in [2.05, 4.69) is 15.5 Å². The van der Waals surface area contributed by atoms with Crippen LogP contribution in [0.15, 0.2) is 48.5 Å². The summed E-state index contributed by atoms with van der Waals surface area (Å²) in [5.41, 5.74) is 2.53. The number of carbonyl (C=O) groups is 2. The van der Waals surface area contributed by atoms with E-state index in [0.717, 1.165) is 24.5 Å². The molecule has 0 bridgehead atoms. The number of hydrogen-bond acceptors (Lipinski definition) is 3. The predicted molar refractivity (Wildman–Crippen MR) is 111 cm³/mol. The van der Waals surface area contributed by atoms with Gasteiger partial charge in [-0.25, -0.2) is 9.59 Å². The number of nitrogens with zero attached hydrogens (tertiary/aromatic N) is 3. The molecule has 2 N–H and O–H groups in total. The minimum Gasteiger partial charge on any atom is -0.368 e. The maximum absolute atomic E-state index is 12.6. The predicted octanol–water partition coefficient (Wildman–Crippen LogP) is 3.22. The van der Waals surface area contributed by atoms with Crippen LogP contribution in [-0.4, -0.2) is 56.2 Å². The van der Waals surface area contributed by atoms with Gasteiger partial charge in [0.2, 0.25) is 0 Å².